The van der Waals surface area contributed by atoms with E-state index in [1.165, 1.54) is 16.9 Å². The molecule has 1 saturated heterocycles. The molecule has 0 aromatic heterocycles. The summed E-state index contributed by atoms with van der Waals surface area (Å²) in [5, 5.41) is 10.6. The normalized spacial score (nSPS) is 29.2. The molecule has 2 fully saturated rings. The quantitative estimate of drug-likeness (QED) is 0.878. The van der Waals surface area contributed by atoms with Crippen molar-refractivity contribution in [2.24, 2.45) is 0 Å². The molecule has 24 heavy (non-hydrogen) atoms. The minimum atomic E-state index is -0.155. The van der Waals surface area contributed by atoms with Crippen molar-refractivity contribution < 1.29 is 5.11 Å². The van der Waals surface area contributed by atoms with E-state index in [0.717, 1.165) is 43.8 Å². The first kappa shape index (κ1) is 16.4. The minimum absolute atomic E-state index is 0.0200. The van der Waals surface area contributed by atoms with Crippen molar-refractivity contribution in [3.05, 3.63) is 41.1 Å². The summed E-state index contributed by atoms with van der Waals surface area (Å²) in [6, 6.07) is 7.26. The number of fused-ring (bicyclic) bond motifs is 2. The van der Waals surface area contributed by atoms with Crippen LogP contribution in [-0.4, -0.2) is 41.3 Å². The molecule has 1 spiro atoms. The number of hydrogen-bond donors (Lipinski definition) is 1. The predicted octanol–water partition coefficient (Wildman–Crippen LogP) is 3.94. The molecule has 0 amide bonds. The first-order valence-corrected chi connectivity index (χ1v) is 9.51. The van der Waals surface area contributed by atoms with E-state index >= 15 is 0 Å². The van der Waals surface area contributed by atoms with Crippen LogP contribution in [0.1, 0.15) is 45.1 Å². The second-order valence-electron chi connectivity index (χ2n) is 7.97. The van der Waals surface area contributed by atoms with Gasteiger partial charge in [-0.05, 0) is 76.4 Å². The molecule has 3 aliphatic rings. The summed E-state index contributed by atoms with van der Waals surface area (Å²) in [6.07, 6.45) is 3.73. The number of benzene rings is 1. The highest BCUT2D eigenvalue weighted by molar-refractivity contribution is 6.30. The number of nitrogens with zero attached hydrogens (tertiary/aromatic N) is 2. The number of hydrogen-bond acceptors (Lipinski definition) is 3. The molecule has 1 aliphatic carbocycles. The maximum atomic E-state index is 9.77. The third-order valence-electron chi connectivity index (χ3n) is 6.41. The lowest BCUT2D eigenvalue weighted by molar-refractivity contribution is 0.0743. The van der Waals surface area contributed by atoms with E-state index in [1.54, 1.807) is 0 Å². The van der Waals surface area contributed by atoms with Crippen LogP contribution < -0.4 is 4.90 Å². The van der Waals surface area contributed by atoms with Crippen LogP contribution in [0.4, 0.5) is 5.69 Å². The highest BCUT2D eigenvalue weighted by Crippen LogP contribution is 2.55. The lowest BCUT2D eigenvalue weighted by Gasteiger charge is -2.45. The van der Waals surface area contributed by atoms with Crippen molar-refractivity contribution in [2.75, 3.05) is 18.0 Å². The van der Waals surface area contributed by atoms with Gasteiger partial charge in [-0.2, -0.15) is 0 Å². The molecule has 3 nitrogen and oxygen atoms in total. The standard InChI is InChI=1S/C20H27ClN2O/c1-13(2)22-8-6-20(7-9-22)14(3)23(16-11-17(24)12-16)19-5-4-15(21)10-18(19)20/h4-5,10,13,16-17,24H,3,6-9,11-12H2,1-2H3. The van der Waals surface area contributed by atoms with Crippen LogP contribution >= 0.6 is 11.6 Å². The molecular formula is C20H27ClN2O. The number of likely N-dealkylation sites (tertiary alicyclic amines) is 1. The minimum Gasteiger partial charge on any atom is -0.393 e. The topological polar surface area (TPSA) is 26.7 Å². The molecule has 4 heteroatoms. The van der Waals surface area contributed by atoms with Crippen molar-refractivity contribution >= 4 is 17.3 Å². The van der Waals surface area contributed by atoms with E-state index < -0.39 is 0 Å². The second kappa shape index (κ2) is 5.76. The van der Waals surface area contributed by atoms with Gasteiger partial charge in [-0.1, -0.05) is 18.2 Å². The van der Waals surface area contributed by atoms with E-state index in [1.807, 2.05) is 6.07 Å². The van der Waals surface area contributed by atoms with Gasteiger partial charge in [0.25, 0.3) is 0 Å². The molecule has 130 valence electrons. The first-order valence-electron chi connectivity index (χ1n) is 9.13. The Morgan fingerprint density at radius 1 is 1.25 bits per heavy atom. The van der Waals surface area contributed by atoms with E-state index in [-0.39, 0.29) is 11.5 Å². The molecule has 0 bridgehead atoms. The van der Waals surface area contributed by atoms with Gasteiger partial charge in [0.1, 0.15) is 0 Å². The number of piperidine rings is 1. The summed E-state index contributed by atoms with van der Waals surface area (Å²) >= 11 is 6.35. The Kier molecular flexibility index (Phi) is 3.94. The highest BCUT2D eigenvalue weighted by Gasteiger charge is 2.51. The predicted molar refractivity (Wildman–Crippen MR) is 99.7 cm³/mol. The van der Waals surface area contributed by atoms with E-state index in [0.29, 0.717) is 12.1 Å². The molecule has 1 N–H and O–H groups in total. The van der Waals surface area contributed by atoms with Gasteiger partial charge in [-0.3, -0.25) is 0 Å². The van der Waals surface area contributed by atoms with Crippen molar-refractivity contribution in [2.45, 2.75) is 63.1 Å². The van der Waals surface area contributed by atoms with Gasteiger partial charge in [0, 0.05) is 33.9 Å². The molecule has 0 unspecified atom stereocenters. The second-order valence-corrected chi connectivity index (χ2v) is 8.41. The monoisotopic (exact) mass is 346 g/mol. The molecular weight excluding hydrogens is 320 g/mol. The third-order valence-corrected chi connectivity index (χ3v) is 6.65. The average molecular weight is 347 g/mol. The Hall–Kier alpha value is -1.03. The van der Waals surface area contributed by atoms with Crippen LogP contribution in [0.25, 0.3) is 0 Å². The molecule has 0 atom stereocenters. The molecule has 2 heterocycles. The van der Waals surface area contributed by atoms with Gasteiger partial charge >= 0.3 is 0 Å². The van der Waals surface area contributed by atoms with E-state index in [2.05, 4.69) is 42.4 Å². The lowest BCUT2D eigenvalue weighted by atomic mass is 9.72. The van der Waals surface area contributed by atoms with Crippen LogP contribution in [0.15, 0.2) is 30.5 Å². The number of halogens is 1. The van der Waals surface area contributed by atoms with Gasteiger partial charge in [-0.25, -0.2) is 0 Å². The smallest absolute Gasteiger partial charge is 0.0579 e. The number of rotatable bonds is 2. The van der Waals surface area contributed by atoms with Gasteiger partial charge < -0.3 is 14.9 Å². The SMILES string of the molecule is C=C1N(C2CC(O)C2)c2ccc(Cl)cc2C12CCN(C(C)C)CC2. The van der Waals surface area contributed by atoms with Crippen LogP contribution in [0.3, 0.4) is 0 Å². The zero-order valence-electron chi connectivity index (χ0n) is 14.6. The van der Waals surface area contributed by atoms with Crippen molar-refractivity contribution in [1.29, 1.82) is 0 Å². The van der Waals surface area contributed by atoms with Crippen molar-refractivity contribution in [3.8, 4) is 0 Å². The zero-order valence-corrected chi connectivity index (χ0v) is 15.4. The average Bonchev–Trinajstić information content (AvgIpc) is 2.74. The van der Waals surface area contributed by atoms with E-state index in [4.69, 9.17) is 11.6 Å². The third kappa shape index (κ3) is 2.33. The fourth-order valence-electron chi connectivity index (χ4n) is 4.80. The Morgan fingerprint density at radius 3 is 2.50 bits per heavy atom. The number of allylic oxidation sites excluding steroid dienone is 1. The van der Waals surface area contributed by atoms with Crippen LogP contribution in [0.5, 0.6) is 0 Å². The van der Waals surface area contributed by atoms with Crippen LogP contribution in [-0.2, 0) is 5.41 Å². The summed E-state index contributed by atoms with van der Waals surface area (Å²) in [6.45, 7) is 11.3. The van der Waals surface area contributed by atoms with Crippen molar-refractivity contribution in [1.82, 2.24) is 4.90 Å². The molecule has 2 aliphatic heterocycles. The van der Waals surface area contributed by atoms with Crippen LogP contribution in [0.2, 0.25) is 5.02 Å². The molecule has 1 aromatic rings. The number of aliphatic hydroxyl groups excluding tert-OH is 1. The zero-order chi connectivity index (χ0) is 17.1. The molecule has 1 aromatic carbocycles. The first-order chi connectivity index (χ1) is 11.4. The Bertz CT molecular complexity index is 658. The van der Waals surface area contributed by atoms with Crippen LogP contribution in [0, 0.1) is 0 Å². The Balaban J connectivity index is 1.71. The molecule has 4 rings (SSSR count). The lowest BCUT2D eigenvalue weighted by Crippen LogP contribution is -2.50. The Labute approximate surface area is 149 Å². The fourth-order valence-corrected chi connectivity index (χ4v) is 4.97. The highest BCUT2D eigenvalue weighted by atomic mass is 35.5. The van der Waals surface area contributed by atoms with Gasteiger partial charge in [0.2, 0.25) is 0 Å². The van der Waals surface area contributed by atoms with Crippen molar-refractivity contribution in [3.63, 3.8) is 0 Å². The number of aliphatic hydroxyl groups is 1. The summed E-state index contributed by atoms with van der Waals surface area (Å²) in [4.78, 5) is 4.96. The molecule has 0 radical (unpaired) electrons. The largest absolute Gasteiger partial charge is 0.393 e. The summed E-state index contributed by atoms with van der Waals surface area (Å²) in [7, 11) is 0. The van der Waals surface area contributed by atoms with Gasteiger partial charge in [0.15, 0.2) is 0 Å². The Morgan fingerprint density at radius 2 is 1.92 bits per heavy atom. The summed E-state index contributed by atoms with van der Waals surface area (Å²) in [5.74, 6) is 0. The van der Waals surface area contributed by atoms with E-state index in [9.17, 15) is 5.11 Å². The van der Waals surface area contributed by atoms with Gasteiger partial charge in [-0.15, -0.1) is 0 Å². The number of anilines is 1. The summed E-state index contributed by atoms with van der Waals surface area (Å²) < 4.78 is 0. The molecule has 1 saturated carbocycles. The van der Waals surface area contributed by atoms with Gasteiger partial charge in [0.05, 0.1) is 6.10 Å². The maximum absolute atomic E-state index is 9.77. The summed E-state index contributed by atoms with van der Waals surface area (Å²) in [5.41, 5.74) is 3.86. The maximum Gasteiger partial charge on any atom is 0.0579 e. The fraction of sp³-hybridized carbons (Fsp3) is 0.600.